The van der Waals surface area contributed by atoms with Crippen LogP contribution in [0.5, 0.6) is 0 Å². The predicted octanol–water partition coefficient (Wildman–Crippen LogP) is 3.41. The third-order valence-electron chi connectivity index (χ3n) is 10.5. The number of nitrogens with zero attached hydrogens (tertiary/aromatic N) is 15. The van der Waals surface area contributed by atoms with Crippen molar-refractivity contribution in [2.75, 3.05) is 19.7 Å². The first-order valence-corrected chi connectivity index (χ1v) is 20.3. The molecule has 0 aromatic heterocycles. The highest BCUT2D eigenvalue weighted by Gasteiger charge is 2.62. The van der Waals surface area contributed by atoms with Crippen molar-refractivity contribution in [3.05, 3.63) is 52.2 Å². The van der Waals surface area contributed by atoms with Gasteiger partial charge in [-0.2, -0.15) is 8.78 Å². The maximum absolute atomic E-state index is 15.9. The molecule has 0 amide bonds. The molecule has 0 bridgehead atoms. The van der Waals surface area contributed by atoms with Crippen LogP contribution in [0, 0.1) is 0 Å². The molecule has 4 fully saturated rings. The van der Waals surface area contributed by atoms with Gasteiger partial charge in [-0.1, -0.05) is 25.6 Å². The second kappa shape index (κ2) is 25.0. The summed E-state index contributed by atoms with van der Waals surface area (Å²) >= 11 is 0. The van der Waals surface area contributed by atoms with Crippen molar-refractivity contribution in [2.45, 2.75) is 164 Å². The molecule has 2 N–H and O–H groups in total. The van der Waals surface area contributed by atoms with Gasteiger partial charge in [0.15, 0.2) is 37.2 Å². The zero-order valence-corrected chi connectivity index (χ0v) is 36.6. The van der Waals surface area contributed by atoms with Crippen molar-refractivity contribution in [3.8, 4) is 0 Å². The molecule has 0 spiro atoms. The number of alkyl halides is 2. The minimum Gasteiger partial charge on any atom is -0.466 e. The monoisotopic (exact) mass is 972 g/mol. The Morgan fingerprint density at radius 2 is 1.18 bits per heavy atom. The minimum absolute atomic E-state index is 0.143. The number of ether oxygens (including phenoxy) is 11. The van der Waals surface area contributed by atoms with Gasteiger partial charge in [-0.05, 0) is 34.1 Å². The Morgan fingerprint density at radius 1 is 0.618 bits per heavy atom. The van der Waals surface area contributed by atoms with Crippen LogP contribution in [0.2, 0.25) is 0 Å². The SMILES string of the molecule is CC(=O)OCC[C@H]1O[C@@H](O[C@H]2[C@H](O[C@H]3O[C@H](CN=[N+]=[N-])C(F)(F)[C@H](OC(C)=O)C3N=[N+]=[N-])C(N=[N+]=[N-])CC(N=[N+]=[N-])[C@@H]2OC(C)=O)C[C@@H]1O[C@H]1O[C@@H](CN)[C@@H](OC(C)=O)[C@H](OC(C)=O)C1N=[N+]=[N-]. The predicted molar refractivity (Wildman–Crippen MR) is 213 cm³/mol. The molecule has 1 saturated carbocycles. The van der Waals surface area contributed by atoms with Crippen LogP contribution in [-0.4, -0.2) is 160 Å². The first kappa shape index (κ1) is 54.1. The topological polar surface area (TPSA) is 457 Å². The number of halogens is 2. The van der Waals surface area contributed by atoms with Crippen molar-refractivity contribution in [1.82, 2.24) is 0 Å². The van der Waals surface area contributed by atoms with Gasteiger partial charge in [-0.25, -0.2) is 0 Å². The van der Waals surface area contributed by atoms with Crippen LogP contribution in [0.3, 0.4) is 0 Å². The van der Waals surface area contributed by atoms with E-state index in [-0.39, 0.29) is 26.0 Å². The molecule has 4 aliphatic rings. The van der Waals surface area contributed by atoms with Crippen LogP contribution in [-0.2, 0) is 76.1 Å². The molecule has 4 rings (SSSR count). The van der Waals surface area contributed by atoms with Gasteiger partial charge in [0.1, 0.15) is 36.5 Å². The first-order valence-electron chi connectivity index (χ1n) is 20.3. The molecule has 3 heterocycles. The molecular weight excluding hydrogens is 926 g/mol. The molecule has 32 nitrogen and oxygen atoms in total. The molecule has 0 aromatic carbocycles. The fourth-order valence-corrected chi connectivity index (χ4v) is 7.96. The summed E-state index contributed by atoms with van der Waals surface area (Å²) in [6.45, 7) is 3.26. The number of nitrogens with two attached hydrogens (primary N) is 1. The Morgan fingerprint density at radius 3 is 1.74 bits per heavy atom. The lowest BCUT2D eigenvalue weighted by Crippen LogP contribution is -2.66. The van der Waals surface area contributed by atoms with Crippen LogP contribution >= 0.6 is 0 Å². The van der Waals surface area contributed by atoms with Gasteiger partial charge in [0, 0.05) is 78.6 Å². The standard InChI is InChI=1S/C34H46F2N16O16/c1-12(53)58-7-6-19-20(64-32-24(46-51-41)29(61-15(4)56)28(60-14(3)55)21(10-37)65-32)9-23(63-19)67-30-26(59-13(2)54)17(44-49-39)8-18(45-50-40)27(30)68-33-25(47-52-42)31(62-16(5)57)34(35,36)22(66-33)11-43-48-38/h17-33H,6-11,37H2,1-5H3/t17?,18?,19-,20+,21+,22-,23+,24?,25?,26+,27-,28-,29-,30-,31-,32+,33-/m1/s1. The van der Waals surface area contributed by atoms with Crippen LogP contribution in [0.25, 0.3) is 52.2 Å². The molecule has 372 valence electrons. The van der Waals surface area contributed by atoms with E-state index in [1.165, 1.54) is 0 Å². The van der Waals surface area contributed by atoms with E-state index in [9.17, 15) is 46.1 Å². The fraction of sp³-hybridized carbons (Fsp3) is 0.853. The van der Waals surface area contributed by atoms with Crippen molar-refractivity contribution >= 4 is 29.8 Å². The molecule has 0 aromatic rings. The normalized spacial score (nSPS) is 34.9. The van der Waals surface area contributed by atoms with Gasteiger partial charge < -0.3 is 57.8 Å². The van der Waals surface area contributed by atoms with E-state index in [0.29, 0.717) is 0 Å². The van der Waals surface area contributed by atoms with Gasteiger partial charge in [-0.3, -0.25) is 24.0 Å². The van der Waals surface area contributed by atoms with E-state index >= 15 is 8.78 Å². The molecule has 4 unspecified atom stereocenters. The molecule has 68 heavy (non-hydrogen) atoms. The Kier molecular flexibility index (Phi) is 19.9. The number of carbonyl (C=O) groups is 5. The van der Waals surface area contributed by atoms with Crippen LogP contribution in [0.15, 0.2) is 25.6 Å². The maximum atomic E-state index is 15.9. The average Bonchev–Trinajstić information content (AvgIpc) is 3.63. The van der Waals surface area contributed by atoms with Crippen molar-refractivity contribution in [2.24, 2.45) is 31.3 Å². The van der Waals surface area contributed by atoms with Crippen LogP contribution < -0.4 is 5.73 Å². The smallest absolute Gasteiger partial charge is 0.310 e. The van der Waals surface area contributed by atoms with Gasteiger partial charge >= 0.3 is 35.8 Å². The summed E-state index contributed by atoms with van der Waals surface area (Å²) < 4.78 is 94.9. The Balaban J connectivity index is 1.82. The highest BCUT2D eigenvalue weighted by Crippen LogP contribution is 2.43. The molecule has 0 radical (unpaired) electrons. The average molecular weight is 973 g/mol. The first-order chi connectivity index (χ1) is 32.3. The highest BCUT2D eigenvalue weighted by molar-refractivity contribution is 5.68. The summed E-state index contributed by atoms with van der Waals surface area (Å²) in [6.07, 6.45) is -23.2. The summed E-state index contributed by atoms with van der Waals surface area (Å²) in [5.41, 5.74) is 53.2. The molecular formula is C34H46F2N16O16. The lowest BCUT2D eigenvalue weighted by molar-refractivity contribution is -0.333. The Hall–Kier alpha value is -6.52. The third-order valence-corrected chi connectivity index (χ3v) is 10.5. The zero-order valence-electron chi connectivity index (χ0n) is 36.6. The number of hydrogen-bond acceptors (Lipinski definition) is 22. The van der Waals surface area contributed by atoms with E-state index in [2.05, 4.69) is 50.1 Å². The van der Waals surface area contributed by atoms with Crippen LogP contribution in [0.1, 0.15) is 53.9 Å². The van der Waals surface area contributed by atoms with Gasteiger partial charge in [0.25, 0.3) is 0 Å². The molecule has 17 atom stereocenters. The molecule has 3 saturated heterocycles. The maximum Gasteiger partial charge on any atom is 0.310 e. The third kappa shape index (κ3) is 13.8. The summed E-state index contributed by atoms with van der Waals surface area (Å²) in [5, 5.41) is 17.7. The van der Waals surface area contributed by atoms with E-state index in [1.54, 1.807) is 0 Å². The Labute approximate surface area is 381 Å². The van der Waals surface area contributed by atoms with Gasteiger partial charge in [0.05, 0.1) is 43.5 Å². The lowest BCUT2D eigenvalue weighted by Gasteiger charge is -2.48. The number of esters is 5. The summed E-state index contributed by atoms with van der Waals surface area (Å²) in [6, 6.07) is -6.73. The summed E-state index contributed by atoms with van der Waals surface area (Å²) in [4.78, 5) is 74.5. The van der Waals surface area contributed by atoms with E-state index in [4.69, 9.17) is 63.4 Å². The van der Waals surface area contributed by atoms with Crippen molar-refractivity contribution < 1.29 is 84.9 Å². The molecule has 3 aliphatic heterocycles. The lowest BCUT2D eigenvalue weighted by atomic mass is 9.83. The number of carbonyl (C=O) groups excluding carboxylic acids is 5. The minimum atomic E-state index is -4.20. The van der Waals surface area contributed by atoms with E-state index < -0.39 is 153 Å². The number of azide groups is 5. The second-order valence-corrected chi connectivity index (χ2v) is 15.1. The molecule has 34 heteroatoms. The van der Waals surface area contributed by atoms with Gasteiger partial charge in [0.2, 0.25) is 0 Å². The van der Waals surface area contributed by atoms with Crippen molar-refractivity contribution in [3.63, 3.8) is 0 Å². The zero-order chi connectivity index (χ0) is 50.3. The van der Waals surface area contributed by atoms with E-state index in [0.717, 1.165) is 34.6 Å². The Bertz CT molecular complexity index is 2100. The number of rotatable bonds is 20. The quantitative estimate of drug-likeness (QED) is 0.0600. The second-order valence-electron chi connectivity index (χ2n) is 15.1. The number of hydrogen-bond donors (Lipinski definition) is 1. The van der Waals surface area contributed by atoms with Crippen molar-refractivity contribution in [1.29, 1.82) is 0 Å². The largest absolute Gasteiger partial charge is 0.466 e. The summed E-state index contributed by atoms with van der Waals surface area (Å²) in [5.74, 6) is -8.84. The summed E-state index contributed by atoms with van der Waals surface area (Å²) in [7, 11) is 0. The molecule has 1 aliphatic carbocycles. The fourth-order valence-electron chi connectivity index (χ4n) is 7.96. The van der Waals surface area contributed by atoms with E-state index in [1.807, 2.05) is 0 Å². The highest BCUT2D eigenvalue weighted by atomic mass is 19.3. The van der Waals surface area contributed by atoms with Crippen LogP contribution in [0.4, 0.5) is 8.78 Å². The van der Waals surface area contributed by atoms with Gasteiger partial charge in [-0.15, -0.1) is 0 Å².